The number of ether oxygens (including phenoxy) is 1. The SMILES string of the molecule is CCN1CC[C@H](Cc2cc(F)ccc2S(=O)(=O)Nc2ccc3c(c2C(=O)O)OCC2CC32)C1. The van der Waals surface area contributed by atoms with E-state index in [1.807, 2.05) is 0 Å². The molecule has 176 valence electrons. The molecule has 9 heteroatoms. The van der Waals surface area contributed by atoms with Crippen LogP contribution in [0.5, 0.6) is 5.75 Å². The summed E-state index contributed by atoms with van der Waals surface area (Å²) < 4.78 is 48.9. The van der Waals surface area contributed by atoms with Crippen LogP contribution in [0.15, 0.2) is 35.2 Å². The van der Waals surface area contributed by atoms with E-state index in [0.29, 0.717) is 24.5 Å². The van der Waals surface area contributed by atoms with E-state index in [1.165, 1.54) is 18.2 Å². The van der Waals surface area contributed by atoms with Crippen LogP contribution < -0.4 is 9.46 Å². The fraction of sp³-hybridized carbons (Fsp3) is 0.458. The molecule has 0 spiro atoms. The molecule has 0 radical (unpaired) electrons. The average molecular weight is 475 g/mol. The summed E-state index contributed by atoms with van der Waals surface area (Å²) in [5, 5.41) is 9.85. The maximum atomic E-state index is 14.1. The Morgan fingerprint density at radius 3 is 2.85 bits per heavy atom. The minimum Gasteiger partial charge on any atom is -0.492 e. The van der Waals surface area contributed by atoms with Crippen molar-refractivity contribution in [1.29, 1.82) is 0 Å². The Kier molecular flexibility index (Phi) is 5.56. The van der Waals surface area contributed by atoms with Crippen LogP contribution in [0.1, 0.15) is 47.2 Å². The lowest BCUT2D eigenvalue weighted by Gasteiger charge is -2.21. The van der Waals surface area contributed by atoms with E-state index in [9.17, 15) is 22.7 Å². The molecule has 0 amide bonds. The Balaban J connectivity index is 1.47. The number of carboxylic acids is 1. The van der Waals surface area contributed by atoms with Crippen LogP contribution in [-0.4, -0.2) is 50.6 Å². The Bertz CT molecular complexity index is 1220. The van der Waals surface area contributed by atoms with Crippen molar-refractivity contribution in [3.8, 4) is 5.75 Å². The van der Waals surface area contributed by atoms with Crippen molar-refractivity contribution in [2.75, 3.05) is 31.0 Å². The molecule has 2 unspecified atom stereocenters. The van der Waals surface area contributed by atoms with E-state index >= 15 is 0 Å². The Hall–Kier alpha value is -2.65. The number of nitrogens with zero attached hydrogens (tertiary/aromatic N) is 1. The molecule has 2 aliphatic heterocycles. The second-order valence-electron chi connectivity index (χ2n) is 9.23. The number of nitrogens with one attached hydrogen (secondary N) is 1. The monoisotopic (exact) mass is 474 g/mol. The highest BCUT2D eigenvalue weighted by Gasteiger charge is 2.45. The molecule has 1 saturated heterocycles. The van der Waals surface area contributed by atoms with Crippen molar-refractivity contribution >= 4 is 21.7 Å². The fourth-order valence-electron chi connectivity index (χ4n) is 5.19. The van der Waals surface area contributed by atoms with Gasteiger partial charge >= 0.3 is 5.97 Å². The highest BCUT2D eigenvalue weighted by molar-refractivity contribution is 7.92. The number of carbonyl (C=O) groups is 1. The molecule has 2 aromatic carbocycles. The van der Waals surface area contributed by atoms with Gasteiger partial charge in [0.05, 0.1) is 17.2 Å². The summed E-state index contributed by atoms with van der Waals surface area (Å²) in [5.74, 6) is -0.599. The molecule has 5 rings (SSSR count). The number of aromatic carboxylic acids is 1. The van der Waals surface area contributed by atoms with Crippen LogP contribution in [0.4, 0.5) is 10.1 Å². The maximum absolute atomic E-state index is 14.1. The van der Waals surface area contributed by atoms with Gasteiger partial charge in [0.25, 0.3) is 10.0 Å². The van der Waals surface area contributed by atoms with Gasteiger partial charge in [0.1, 0.15) is 17.1 Å². The summed E-state index contributed by atoms with van der Waals surface area (Å²) in [5.41, 5.74) is 0.987. The number of likely N-dealkylation sites (tertiary alicyclic amines) is 1. The first-order valence-electron chi connectivity index (χ1n) is 11.3. The number of anilines is 1. The molecule has 0 bridgehead atoms. The van der Waals surface area contributed by atoms with Gasteiger partial charge in [-0.05, 0) is 79.6 Å². The number of carboxylic acid groups (broad SMARTS) is 1. The predicted octanol–water partition coefficient (Wildman–Crippen LogP) is 3.70. The first-order valence-corrected chi connectivity index (χ1v) is 12.8. The van der Waals surface area contributed by atoms with Gasteiger partial charge in [-0.15, -0.1) is 0 Å². The molecule has 3 atom stereocenters. The van der Waals surface area contributed by atoms with Crippen LogP contribution in [0.2, 0.25) is 0 Å². The summed E-state index contributed by atoms with van der Waals surface area (Å²) in [7, 11) is -4.16. The van der Waals surface area contributed by atoms with Gasteiger partial charge < -0.3 is 14.7 Å². The number of hydrogen-bond acceptors (Lipinski definition) is 5. The van der Waals surface area contributed by atoms with E-state index < -0.39 is 21.8 Å². The van der Waals surface area contributed by atoms with Crippen molar-refractivity contribution in [2.24, 2.45) is 11.8 Å². The zero-order valence-electron chi connectivity index (χ0n) is 18.4. The smallest absolute Gasteiger partial charge is 0.341 e. The molecule has 1 saturated carbocycles. The van der Waals surface area contributed by atoms with Gasteiger partial charge in [-0.3, -0.25) is 4.72 Å². The molecule has 1 aliphatic carbocycles. The van der Waals surface area contributed by atoms with Gasteiger partial charge in [0, 0.05) is 12.5 Å². The highest BCUT2D eigenvalue weighted by Crippen LogP contribution is 2.55. The molecule has 2 fully saturated rings. The third-order valence-electron chi connectivity index (χ3n) is 7.05. The van der Waals surface area contributed by atoms with E-state index in [2.05, 4.69) is 16.5 Å². The largest absolute Gasteiger partial charge is 0.492 e. The van der Waals surface area contributed by atoms with Crippen LogP contribution in [0, 0.1) is 17.7 Å². The lowest BCUT2D eigenvalue weighted by atomic mass is 9.98. The third kappa shape index (κ3) is 4.19. The van der Waals surface area contributed by atoms with Crippen molar-refractivity contribution in [3.63, 3.8) is 0 Å². The van der Waals surface area contributed by atoms with Gasteiger partial charge in [0.2, 0.25) is 0 Å². The zero-order valence-corrected chi connectivity index (χ0v) is 19.2. The van der Waals surface area contributed by atoms with Crippen molar-refractivity contribution < 1.29 is 27.4 Å². The van der Waals surface area contributed by atoms with Crippen molar-refractivity contribution in [1.82, 2.24) is 4.90 Å². The second kappa shape index (κ2) is 8.29. The summed E-state index contributed by atoms with van der Waals surface area (Å²) in [6.45, 7) is 5.22. The molecular formula is C24H27FN2O5S. The molecular weight excluding hydrogens is 447 g/mol. The highest BCUT2D eigenvalue weighted by atomic mass is 32.2. The topological polar surface area (TPSA) is 95.9 Å². The quantitative estimate of drug-likeness (QED) is 0.635. The van der Waals surface area contributed by atoms with Crippen molar-refractivity contribution in [2.45, 2.75) is 37.0 Å². The number of rotatable bonds is 7. The summed E-state index contributed by atoms with van der Waals surface area (Å²) >= 11 is 0. The molecule has 2 N–H and O–H groups in total. The standard InChI is InChI=1S/C24H27FN2O5S/c1-2-27-8-7-14(12-27)9-15-10-17(25)3-6-21(15)33(30,31)26-20-5-4-18-19-11-16(19)13-32-23(18)22(20)24(28)29/h3-6,10,14,16,19,26H,2,7-9,11-13H2,1H3,(H,28,29)/t14-,16?,19?/m1/s1. The Morgan fingerprint density at radius 1 is 1.30 bits per heavy atom. The normalized spacial score (nSPS) is 24.0. The van der Waals surface area contributed by atoms with Crippen LogP contribution in [-0.2, 0) is 16.4 Å². The van der Waals surface area contributed by atoms with E-state index in [-0.39, 0.29) is 33.7 Å². The van der Waals surface area contributed by atoms with Crippen LogP contribution in [0.3, 0.4) is 0 Å². The number of sulfonamides is 1. The van der Waals surface area contributed by atoms with Crippen molar-refractivity contribution in [3.05, 3.63) is 52.8 Å². The average Bonchev–Trinajstić information content (AvgIpc) is 3.43. The van der Waals surface area contributed by atoms with E-state index in [4.69, 9.17) is 4.74 Å². The zero-order chi connectivity index (χ0) is 23.3. The minimum atomic E-state index is -4.16. The first-order chi connectivity index (χ1) is 15.8. The van der Waals surface area contributed by atoms with Crippen LogP contribution >= 0.6 is 0 Å². The second-order valence-corrected chi connectivity index (χ2v) is 10.9. The number of fused-ring (bicyclic) bond motifs is 3. The number of hydrogen-bond donors (Lipinski definition) is 2. The van der Waals surface area contributed by atoms with Gasteiger partial charge in [-0.25, -0.2) is 17.6 Å². The maximum Gasteiger partial charge on any atom is 0.341 e. The molecule has 2 aromatic rings. The molecule has 7 nitrogen and oxygen atoms in total. The van der Waals surface area contributed by atoms with Gasteiger partial charge in [-0.2, -0.15) is 0 Å². The van der Waals surface area contributed by atoms with E-state index in [0.717, 1.165) is 44.1 Å². The Morgan fingerprint density at radius 2 is 2.12 bits per heavy atom. The minimum absolute atomic E-state index is 0.0314. The van der Waals surface area contributed by atoms with E-state index in [1.54, 1.807) is 6.07 Å². The lowest BCUT2D eigenvalue weighted by molar-refractivity contribution is 0.0692. The summed E-state index contributed by atoms with van der Waals surface area (Å²) in [6.07, 6.45) is 2.31. The van der Waals surface area contributed by atoms with Crippen LogP contribution in [0.25, 0.3) is 0 Å². The molecule has 0 aromatic heterocycles. The summed E-state index contributed by atoms with van der Waals surface area (Å²) in [4.78, 5) is 14.3. The third-order valence-corrected chi connectivity index (χ3v) is 8.51. The number of halogens is 1. The molecule has 3 aliphatic rings. The van der Waals surface area contributed by atoms with Gasteiger partial charge in [-0.1, -0.05) is 13.0 Å². The molecule has 33 heavy (non-hydrogen) atoms. The molecule has 2 heterocycles. The Labute approximate surface area is 192 Å². The van der Waals surface area contributed by atoms with Gasteiger partial charge in [0.15, 0.2) is 0 Å². The lowest BCUT2D eigenvalue weighted by Crippen LogP contribution is -2.22. The summed E-state index contributed by atoms with van der Waals surface area (Å²) in [6, 6.07) is 6.87. The fourth-order valence-corrected chi connectivity index (χ4v) is 6.50. The predicted molar refractivity (Wildman–Crippen MR) is 121 cm³/mol. The number of benzene rings is 2. The first kappa shape index (κ1) is 22.2.